The molecular weight excluding hydrogens is 286 g/mol. The molecule has 2 aromatic rings. The Morgan fingerprint density at radius 3 is 2.52 bits per heavy atom. The Labute approximate surface area is 129 Å². The van der Waals surface area contributed by atoms with Gasteiger partial charge in [-0.2, -0.15) is 0 Å². The van der Waals surface area contributed by atoms with Crippen molar-refractivity contribution < 1.29 is 9.53 Å². The fourth-order valence-corrected chi connectivity index (χ4v) is 2.33. The van der Waals surface area contributed by atoms with Gasteiger partial charge < -0.3 is 10.1 Å². The van der Waals surface area contributed by atoms with Crippen LogP contribution in [0.4, 0.5) is 5.69 Å². The van der Waals surface area contributed by atoms with E-state index < -0.39 is 5.54 Å². The Morgan fingerprint density at radius 2 is 1.90 bits per heavy atom. The first-order chi connectivity index (χ1) is 10.1. The number of esters is 1. The fourth-order valence-electron chi connectivity index (χ4n) is 2.14. The molecule has 0 aliphatic heterocycles. The lowest BCUT2D eigenvalue weighted by Crippen LogP contribution is -2.42. The third-order valence-corrected chi connectivity index (χ3v) is 3.49. The van der Waals surface area contributed by atoms with Gasteiger partial charge in [-0.1, -0.05) is 48.0 Å². The topological polar surface area (TPSA) is 38.3 Å². The zero-order chi connectivity index (χ0) is 15.3. The molecule has 3 nitrogen and oxygen atoms in total. The highest BCUT2D eigenvalue weighted by Gasteiger charge is 2.36. The summed E-state index contributed by atoms with van der Waals surface area (Å²) in [5.74, 6) is -0.323. The third-order valence-electron chi connectivity index (χ3n) is 3.25. The molecule has 2 aromatic carbocycles. The smallest absolute Gasteiger partial charge is 0.336 e. The van der Waals surface area contributed by atoms with Gasteiger partial charge >= 0.3 is 5.97 Å². The Bertz CT molecular complexity index is 615. The number of benzene rings is 2. The van der Waals surface area contributed by atoms with Crippen molar-refractivity contribution in [2.45, 2.75) is 19.4 Å². The number of halogens is 1. The summed E-state index contributed by atoms with van der Waals surface area (Å²) in [6.45, 7) is 3.93. The normalized spacial score (nSPS) is 13.3. The molecule has 0 saturated carbocycles. The van der Waals surface area contributed by atoms with Gasteiger partial charge in [-0.25, -0.2) is 4.79 Å². The lowest BCUT2D eigenvalue weighted by atomic mass is 9.91. The Kier molecular flexibility index (Phi) is 4.86. The number of rotatable bonds is 5. The molecule has 0 amide bonds. The SMILES string of the molecule is CCOC(=O)C(C)(Nc1cccc(Cl)c1)c1ccccc1. The second-order valence-electron chi connectivity index (χ2n) is 4.85. The number of hydrogen-bond donors (Lipinski definition) is 1. The summed E-state index contributed by atoms with van der Waals surface area (Å²) in [6.07, 6.45) is 0. The summed E-state index contributed by atoms with van der Waals surface area (Å²) in [7, 11) is 0. The first-order valence-electron chi connectivity index (χ1n) is 6.83. The zero-order valence-corrected chi connectivity index (χ0v) is 12.9. The van der Waals surface area contributed by atoms with Crippen LogP contribution in [0.1, 0.15) is 19.4 Å². The molecule has 0 heterocycles. The standard InChI is InChI=1S/C17H18ClNO2/c1-3-21-16(20)17(2,13-8-5-4-6-9-13)19-15-11-7-10-14(18)12-15/h4-12,19H,3H2,1-2H3. The Morgan fingerprint density at radius 1 is 1.19 bits per heavy atom. The van der Waals surface area contributed by atoms with Crippen LogP contribution in [-0.4, -0.2) is 12.6 Å². The predicted molar refractivity (Wildman–Crippen MR) is 85.5 cm³/mol. The van der Waals surface area contributed by atoms with Gasteiger partial charge in [0.2, 0.25) is 0 Å². The van der Waals surface area contributed by atoms with Crippen molar-refractivity contribution in [3.05, 3.63) is 65.2 Å². The van der Waals surface area contributed by atoms with Crippen molar-refractivity contribution >= 4 is 23.3 Å². The molecule has 21 heavy (non-hydrogen) atoms. The molecule has 1 N–H and O–H groups in total. The van der Waals surface area contributed by atoms with E-state index in [1.54, 1.807) is 26.0 Å². The van der Waals surface area contributed by atoms with Crippen LogP contribution in [0.3, 0.4) is 0 Å². The second kappa shape index (κ2) is 6.64. The highest BCUT2D eigenvalue weighted by atomic mass is 35.5. The van der Waals surface area contributed by atoms with Crippen LogP contribution < -0.4 is 5.32 Å². The minimum Gasteiger partial charge on any atom is -0.464 e. The molecule has 4 heteroatoms. The van der Waals surface area contributed by atoms with E-state index in [-0.39, 0.29) is 5.97 Å². The van der Waals surface area contributed by atoms with Crippen molar-refractivity contribution in [3.8, 4) is 0 Å². The number of carbonyl (C=O) groups is 1. The first-order valence-corrected chi connectivity index (χ1v) is 7.20. The van der Waals surface area contributed by atoms with Crippen LogP contribution in [0.25, 0.3) is 0 Å². The fraction of sp³-hybridized carbons (Fsp3) is 0.235. The van der Waals surface area contributed by atoms with Gasteiger partial charge in [0, 0.05) is 10.7 Å². The molecule has 0 aromatic heterocycles. The highest BCUT2D eigenvalue weighted by Crippen LogP contribution is 2.28. The molecule has 0 bridgehead atoms. The van der Waals surface area contributed by atoms with Gasteiger partial charge in [-0.3, -0.25) is 0 Å². The molecule has 0 aliphatic carbocycles. The molecule has 0 spiro atoms. The lowest BCUT2D eigenvalue weighted by molar-refractivity contribution is -0.148. The molecule has 0 fully saturated rings. The number of carbonyl (C=O) groups excluding carboxylic acids is 1. The summed E-state index contributed by atoms with van der Waals surface area (Å²) in [5.41, 5.74) is 0.632. The molecule has 1 atom stereocenters. The minimum atomic E-state index is -0.970. The average molecular weight is 304 g/mol. The molecule has 1 unspecified atom stereocenters. The van der Waals surface area contributed by atoms with Crippen LogP contribution in [0.2, 0.25) is 5.02 Å². The van der Waals surface area contributed by atoms with Crippen LogP contribution in [0.5, 0.6) is 0 Å². The summed E-state index contributed by atoms with van der Waals surface area (Å²) in [4.78, 5) is 12.4. The lowest BCUT2D eigenvalue weighted by Gasteiger charge is -2.30. The maximum Gasteiger partial charge on any atom is 0.336 e. The van der Waals surface area contributed by atoms with Crippen molar-refractivity contribution in [2.75, 3.05) is 11.9 Å². The van der Waals surface area contributed by atoms with E-state index in [2.05, 4.69) is 5.32 Å². The van der Waals surface area contributed by atoms with E-state index >= 15 is 0 Å². The Hall–Kier alpha value is -2.00. The van der Waals surface area contributed by atoms with Crippen molar-refractivity contribution in [1.29, 1.82) is 0 Å². The number of ether oxygens (including phenoxy) is 1. The molecule has 0 saturated heterocycles. The molecule has 2 rings (SSSR count). The van der Waals surface area contributed by atoms with E-state index in [0.29, 0.717) is 11.6 Å². The summed E-state index contributed by atoms with van der Waals surface area (Å²) in [6, 6.07) is 16.8. The summed E-state index contributed by atoms with van der Waals surface area (Å²) < 4.78 is 5.23. The molecule has 0 aliphatic rings. The monoisotopic (exact) mass is 303 g/mol. The van der Waals surface area contributed by atoms with E-state index in [1.807, 2.05) is 42.5 Å². The number of anilines is 1. The van der Waals surface area contributed by atoms with Crippen LogP contribution in [0.15, 0.2) is 54.6 Å². The first kappa shape index (κ1) is 15.4. The van der Waals surface area contributed by atoms with Crippen LogP contribution in [0, 0.1) is 0 Å². The maximum absolute atomic E-state index is 12.4. The van der Waals surface area contributed by atoms with Gasteiger partial charge in [0.15, 0.2) is 5.54 Å². The number of nitrogens with one attached hydrogen (secondary N) is 1. The van der Waals surface area contributed by atoms with E-state index in [1.165, 1.54) is 0 Å². The Balaban J connectivity index is 2.39. The van der Waals surface area contributed by atoms with Gasteiger partial charge in [0.05, 0.1) is 6.61 Å². The molecular formula is C17H18ClNO2. The van der Waals surface area contributed by atoms with Crippen molar-refractivity contribution in [3.63, 3.8) is 0 Å². The largest absolute Gasteiger partial charge is 0.464 e. The quantitative estimate of drug-likeness (QED) is 0.840. The van der Waals surface area contributed by atoms with Crippen molar-refractivity contribution in [2.24, 2.45) is 0 Å². The second-order valence-corrected chi connectivity index (χ2v) is 5.28. The average Bonchev–Trinajstić information content (AvgIpc) is 2.48. The molecule has 110 valence electrons. The third kappa shape index (κ3) is 3.56. The van der Waals surface area contributed by atoms with Crippen molar-refractivity contribution in [1.82, 2.24) is 0 Å². The number of hydrogen-bond acceptors (Lipinski definition) is 3. The van der Waals surface area contributed by atoms with E-state index in [0.717, 1.165) is 11.3 Å². The molecule has 0 radical (unpaired) electrons. The van der Waals surface area contributed by atoms with Crippen LogP contribution >= 0.6 is 11.6 Å². The zero-order valence-electron chi connectivity index (χ0n) is 12.1. The van der Waals surface area contributed by atoms with Crippen LogP contribution in [-0.2, 0) is 15.1 Å². The van der Waals surface area contributed by atoms with Gasteiger partial charge in [-0.15, -0.1) is 0 Å². The maximum atomic E-state index is 12.4. The summed E-state index contributed by atoms with van der Waals surface area (Å²) >= 11 is 6.00. The minimum absolute atomic E-state index is 0.323. The highest BCUT2D eigenvalue weighted by molar-refractivity contribution is 6.30. The van der Waals surface area contributed by atoms with Gasteiger partial charge in [0.1, 0.15) is 0 Å². The predicted octanol–water partition coefficient (Wildman–Crippen LogP) is 4.23. The van der Waals surface area contributed by atoms with E-state index in [9.17, 15) is 4.79 Å². The van der Waals surface area contributed by atoms with Gasteiger partial charge in [0.25, 0.3) is 0 Å². The van der Waals surface area contributed by atoms with E-state index in [4.69, 9.17) is 16.3 Å². The van der Waals surface area contributed by atoms with Gasteiger partial charge in [-0.05, 0) is 37.6 Å². The summed E-state index contributed by atoms with van der Waals surface area (Å²) in [5, 5.41) is 3.85.